The minimum absolute atomic E-state index is 0.0116. The zero-order chi connectivity index (χ0) is 6.85. The van der Waals surface area contributed by atoms with Crippen LogP contribution < -0.4 is 0 Å². The van der Waals surface area contributed by atoms with E-state index >= 15 is 0 Å². The van der Waals surface area contributed by atoms with Gasteiger partial charge in [0.05, 0.1) is 12.2 Å². The number of ether oxygens (including phenoxy) is 1. The first-order valence-corrected chi connectivity index (χ1v) is 3.46. The summed E-state index contributed by atoms with van der Waals surface area (Å²) in [6.45, 7) is 1.91. The lowest BCUT2D eigenvalue weighted by Gasteiger charge is -2.15. The Hall–Kier alpha value is -0.0800. The standard InChI is InChI=1S/C7H14O2/c1-5(9-2)7(8)6-3-4-6/h5-8H,3-4H2,1-2H3. The van der Waals surface area contributed by atoms with Crippen LogP contribution in [-0.4, -0.2) is 24.4 Å². The summed E-state index contributed by atoms with van der Waals surface area (Å²) in [7, 11) is 1.64. The van der Waals surface area contributed by atoms with Crippen molar-refractivity contribution in [2.24, 2.45) is 5.92 Å². The van der Waals surface area contributed by atoms with Crippen molar-refractivity contribution >= 4 is 0 Å². The predicted octanol–water partition coefficient (Wildman–Crippen LogP) is 0.792. The first-order valence-electron chi connectivity index (χ1n) is 3.46. The molecule has 0 amide bonds. The van der Waals surface area contributed by atoms with Crippen LogP contribution in [0, 0.1) is 5.92 Å². The number of rotatable bonds is 3. The average molecular weight is 130 g/mol. The molecule has 0 aromatic carbocycles. The second-order valence-corrected chi connectivity index (χ2v) is 2.77. The monoisotopic (exact) mass is 130 g/mol. The van der Waals surface area contributed by atoms with E-state index in [9.17, 15) is 5.11 Å². The van der Waals surface area contributed by atoms with Gasteiger partial charge in [0.1, 0.15) is 0 Å². The number of methoxy groups -OCH3 is 1. The van der Waals surface area contributed by atoms with Gasteiger partial charge >= 0.3 is 0 Å². The van der Waals surface area contributed by atoms with Gasteiger partial charge in [0.15, 0.2) is 0 Å². The third-order valence-electron chi connectivity index (χ3n) is 1.96. The number of hydrogen-bond acceptors (Lipinski definition) is 2. The number of aliphatic hydroxyl groups is 1. The summed E-state index contributed by atoms with van der Waals surface area (Å²) in [5.41, 5.74) is 0. The second-order valence-electron chi connectivity index (χ2n) is 2.77. The van der Waals surface area contributed by atoms with E-state index in [0.717, 1.165) is 0 Å². The van der Waals surface area contributed by atoms with Gasteiger partial charge in [-0.2, -0.15) is 0 Å². The Balaban J connectivity index is 2.22. The van der Waals surface area contributed by atoms with Gasteiger partial charge in [-0.3, -0.25) is 0 Å². The van der Waals surface area contributed by atoms with Crippen molar-refractivity contribution in [1.29, 1.82) is 0 Å². The van der Waals surface area contributed by atoms with Crippen molar-refractivity contribution in [2.75, 3.05) is 7.11 Å². The molecule has 1 aliphatic carbocycles. The second kappa shape index (κ2) is 2.67. The molecule has 9 heavy (non-hydrogen) atoms. The Bertz CT molecular complexity index is 88.9. The Morgan fingerprint density at radius 1 is 1.56 bits per heavy atom. The van der Waals surface area contributed by atoms with Crippen LogP contribution in [0.15, 0.2) is 0 Å². The Kier molecular flexibility index (Phi) is 2.09. The summed E-state index contributed by atoms with van der Waals surface area (Å²) in [6, 6.07) is 0. The van der Waals surface area contributed by atoms with Crippen LogP contribution in [0.3, 0.4) is 0 Å². The molecule has 0 bridgehead atoms. The van der Waals surface area contributed by atoms with Crippen molar-refractivity contribution in [3.05, 3.63) is 0 Å². The van der Waals surface area contributed by atoms with Gasteiger partial charge < -0.3 is 9.84 Å². The highest BCUT2D eigenvalue weighted by atomic mass is 16.5. The summed E-state index contributed by atoms with van der Waals surface area (Å²) in [5.74, 6) is 0.528. The third-order valence-corrected chi connectivity index (χ3v) is 1.96. The van der Waals surface area contributed by atoms with E-state index in [1.165, 1.54) is 12.8 Å². The lowest BCUT2D eigenvalue weighted by Crippen LogP contribution is -2.26. The maximum Gasteiger partial charge on any atom is 0.0827 e. The summed E-state index contributed by atoms with van der Waals surface area (Å²) < 4.78 is 4.96. The minimum Gasteiger partial charge on any atom is -0.390 e. The third kappa shape index (κ3) is 1.66. The molecule has 54 valence electrons. The molecular weight excluding hydrogens is 116 g/mol. The number of hydrogen-bond donors (Lipinski definition) is 1. The Morgan fingerprint density at radius 2 is 2.11 bits per heavy atom. The minimum atomic E-state index is -0.227. The van der Waals surface area contributed by atoms with Gasteiger partial charge in [-0.25, -0.2) is 0 Å². The Labute approximate surface area is 55.8 Å². The quantitative estimate of drug-likeness (QED) is 0.612. The molecule has 2 nitrogen and oxygen atoms in total. The van der Waals surface area contributed by atoms with E-state index < -0.39 is 0 Å². The van der Waals surface area contributed by atoms with E-state index in [0.29, 0.717) is 5.92 Å². The summed E-state index contributed by atoms with van der Waals surface area (Å²) in [6.07, 6.45) is 2.14. The molecule has 1 rings (SSSR count). The normalized spacial score (nSPS) is 25.7. The van der Waals surface area contributed by atoms with Crippen LogP contribution in [0.4, 0.5) is 0 Å². The van der Waals surface area contributed by atoms with E-state index in [4.69, 9.17) is 4.74 Å². The molecule has 0 aromatic heterocycles. The highest BCUT2D eigenvalue weighted by Gasteiger charge is 2.33. The van der Waals surface area contributed by atoms with Crippen LogP contribution in [0.25, 0.3) is 0 Å². The molecule has 1 aliphatic rings. The molecule has 1 N–H and O–H groups in total. The van der Waals surface area contributed by atoms with Crippen LogP contribution in [0.5, 0.6) is 0 Å². The smallest absolute Gasteiger partial charge is 0.0827 e. The van der Waals surface area contributed by atoms with Crippen molar-refractivity contribution in [1.82, 2.24) is 0 Å². The number of aliphatic hydroxyl groups excluding tert-OH is 1. The predicted molar refractivity (Wildman–Crippen MR) is 35.2 cm³/mol. The fourth-order valence-electron chi connectivity index (χ4n) is 0.960. The van der Waals surface area contributed by atoms with Gasteiger partial charge in [-0.05, 0) is 25.7 Å². The van der Waals surface area contributed by atoms with Crippen LogP contribution >= 0.6 is 0 Å². The molecule has 2 unspecified atom stereocenters. The van der Waals surface area contributed by atoms with Crippen LogP contribution in [0.1, 0.15) is 19.8 Å². The first-order chi connectivity index (χ1) is 4.25. The zero-order valence-corrected chi connectivity index (χ0v) is 6.00. The van der Waals surface area contributed by atoms with Crippen molar-refractivity contribution in [3.63, 3.8) is 0 Å². The SMILES string of the molecule is COC(C)C(O)C1CC1. The van der Waals surface area contributed by atoms with E-state index in [-0.39, 0.29) is 12.2 Å². The van der Waals surface area contributed by atoms with Crippen molar-refractivity contribution < 1.29 is 9.84 Å². The lowest BCUT2D eigenvalue weighted by molar-refractivity contribution is -0.0114. The molecule has 2 atom stereocenters. The van der Waals surface area contributed by atoms with Crippen LogP contribution in [-0.2, 0) is 4.74 Å². The molecule has 1 saturated carbocycles. The fraction of sp³-hybridized carbons (Fsp3) is 1.00. The van der Waals surface area contributed by atoms with Gasteiger partial charge in [-0.1, -0.05) is 0 Å². The summed E-state index contributed by atoms with van der Waals surface area (Å²) in [4.78, 5) is 0. The molecule has 0 saturated heterocycles. The van der Waals surface area contributed by atoms with Gasteiger partial charge in [0.2, 0.25) is 0 Å². The van der Waals surface area contributed by atoms with E-state index in [2.05, 4.69) is 0 Å². The molecule has 0 radical (unpaired) electrons. The van der Waals surface area contributed by atoms with Crippen LogP contribution in [0.2, 0.25) is 0 Å². The molecular formula is C7H14O2. The van der Waals surface area contributed by atoms with Crippen molar-refractivity contribution in [2.45, 2.75) is 32.0 Å². The van der Waals surface area contributed by atoms with Gasteiger partial charge in [0.25, 0.3) is 0 Å². The largest absolute Gasteiger partial charge is 0.390 e. The van der Waals surface area contributed by atoms with Crippen molar-refractivity contribution in [3.8, 4) is 0 Å². The van der Waals surface area contributed by atoms with Gasteiger partial charge in [0, 0.05) is 7.11 Å². The van der Waals surface area contributed by atoms with E-state index in [1.807, 2.05) is 6.92 Å². The zero-order valence-electron chi connectivity index (χ0n) is 6.00. The molecule has 0 spiro atoms. The topological polar surface area (TPSA) is 29.5 Å². The maximum atomic E-state index is 9.33. The van der Waals surface area contributed by atoms with Gasteiger partial charge in [-0.15, -0.1) is 0 Å². The maximum absolute atomic E-state index is 9.33. The molecule has 0 aromatic rings. The fourth-order valence-corrected chi connectivity index (χ4v) is 0.960. The highest BCUT2D eigenvalue weighted by molar-refractivity contribution is 4.84. The molecule has 1 fully saturated rings. The lowest BCUT2D eigenvalue weighted by atomic mass is 10.1. The summed E-state index contributed by atoms with van der Waals surface area (Å²) >= 11 is 0. The molecule has 0 aliphatic heterocycles. The summed E-state index contributed by atoms with van der Waals surface area (Å²) in [5, 5.41) is 9.33. The van der Waals surface area contributed by atoms with E-state index in [1.54, 1.807) is 7.11 Å². The highest BCUT2D eigenvalue weighted by Crippen LogP contribution is 2.34. The Morgan fingerprint density at radius 3 is 2.44 bits per heavy atom. The molecule has 2 heteroatoms. The average Bonchev–Trinajstić information content (AvgIpc) is 2.66. The molecule has 0 heterocycles. The first kappa shape index (κ1) is 7.03.